The summed E-state index contributed by atoms with van der Waals surface area (Å²) in [5, 5.41) is 4.14. The van der Waals surface area contributed by atoms with E-state index in [1.54, 1.807) is 6.33 Å². The van der Waals surface area contributed by atoms with E-state index in [1.807, 2.05) is 36.7 Å². The van der Waals surface area contributed by atoms with Crippen molar-refractivity contribution < 1.29 is 9.26 Å². The first-order valence-corrected chi connectivity index (χ1v) is 11.3. The van der Waals surface area contributed by atoms with Crippen LogP contribution in [0.4, 0.5) is 0 Å². The van der Waals surface area contributed by atoms with Crippen molar-refractivity contribution in [1.29, 1.82) is 0 Å². The Bertz CT molecular complexity index is 1250. The maximum absolute atomic E-state index is 6.21. The highest BCUT2D eigenvalue weighted by atomic mass is 16.5. The summed E-state index contributed by atoms with van der Waals surface area (Å²) < 4.78 is 11.9. The van der Waals surface area contributed by atoms with E-state index < -0.39 is 0 Å². The van der Waals surface area contributed by atoms with Gasteiger partial charge in [-0.3, -0.25) is 0 Å². The summed E-state index contributed by atoms with van der Waals surface area (Å²) in [6.45, 7) is 2.82. The van der Waals surface area contributed by atoms with E-state index in [0.717, 1.165) is 42.0 Å². The third-order valence-electron chi connectivity index (χ3n) is 7.33. The Hall–Kier alpha value is -3.47. The molecule has 0 radical (unpaired) electrons. The molecule has 0 aliphatic heterocycles. The van der Waals surface area contributed by atoms with Gasteiger partial charge in [-0.25, -0.2) is 9.97 Å². The zero-order valence-corrected chi connectivity index (χ0v) is 18.1. The summed E-state index contributed by atoms with van der Waals surface area (Å²) in [5.74, 6) is 2.54. The number of hydrogen-bond donors (Lipinski definition) is 0. The van der Waals surface area contributed by atoms with Gasteiger partial charge in [-0.05, 0) is 54.0 Å². The molecule has 2 aliphatic rings. The SMILES string of the molecule is C[C@@H]1c2oncc2C[C@]2(c3cccc(OCc4ccccc4)c3)c3ncncc3CC[C@@H]12. The second-order valence-electron chi connectivity index (χ2n) is 9.00. The molecule has 5 heteroatoms. The molecule has 0 bridgehead atoms. The standard InChI is InChI=1S/C27H25N3O2/c1-18-24-11-10-20-14-28-17-29-26(20)27(24,13-21-15-30-32-25(18)21)22-8-5-9-23(12-22)31-16-19-6-3-2-4-7-19/h2-9,12,14-15,17-18,24H,10-11,13,16H2,1H3/t18-,24-,27+/m0/s1. The van der Waals surface area contributed by atoms with Gasteiger partial charge in [0.05, 0.1) is 11.9 Å². The van der Waals surface area contributed by atoms with Crippen molar-refractivity contribution in [3.63, 3.8) is 0 Å². The fraction of sp³-hybridized carbons (Fsp3) is 0.296. The molecule has 0 N–H and O–H groups in total. The van der Waals surface area contributed by atoms with Crippen molar-refractivity contribution in [2.45, 2.75) is 44.1 Å². The smallest absolute Gasteiger partial charge is 0.143 e. The van der Waals surface area contributed by atoms with E-state index in [-0.39, 0.29) is 11.3 Å². The van der Waals surface area contributed by atoms with E-state index in [0.29, 0.717) is 12.5 Å². The van der Waals surface area contributed by atoms with Gasteiger partial charge in [0, 0.05) is 23.1 Å². The quantitative estimate of drug-likeness (QED) is 0.449. The van der Waals surface area contributed by atoms with E-state index >= 15 is 0 Å². The highest BCUT2D eigenvalue weighted by molar-refractivity contribution is 5.49. The Kier molecular flexibility index (Phi) is 4.56. The number of rotatable bonds is 4. The topological polar surface area (TPSA) is 61.0 Å². The van der Waals surface area contributed by atoms with Crippen molar-refractivity contribution in [1.82, 2.24) is 15.1 Å². The molecule has 0 fully saturated rings. The molecule has 5 nitrogen and oxygen atoms in total. The molecule has 0 spiro atoms. The van der Waals surface area contributed by atoms with Gasteiger partial charge >= 0.3 is 0 Å². The molecule has 3 atom stereocenters. The molecular formula is C27H25N3O2. The maximum atomic E-state index is 6.21. The number of benzene rings is 2. The maximum Gasteiger partial charge on any atom is 0.143 e. The minimum Gasteiger partial charge on any atom is -0.489 e. The third-order valence-corrected chi connectivity index (χ3v) is 7.33. The lowest BCUT2D eigenvalue weighted by Gasteiger charge is -2.49. The Morgan fingerprint density at radius 3 is 2.88 bits per heavy atom. The second-order valence-corrected chi connectivity index (χ2v) is 9.00. The number of ether oxygens (including phenoxy) is 1. The van der Waals surface area contributed by atoms with Gasteiger partial charge in [-0.2, -0.15) is 0 Å². The number of aromatic nitrogens is 3. The monoisotopic (exact) mass is 423 g/mol. The summed E-state index contributed by atoms with van der Waals surface area (Å²) in [6, 6.07) is 18.8. The van der Waals surface area contributed by atoms with Gasteiger partial charge in [-0.15, -0.1) is 0 Å². The molecule has 160 valence electrons. The molecule has 0 unspecified atom stereocenters. The first-order chi connectivity index (χ1) is 15.8. The lowest BCUT2D eigenvalue weighted by Crippen LogP contribution is -2.48. The predicted octanol–water partition coefficient (Wildman–Crippen LogP) is 5.25. The lowest BCUT2D eigenvalue weighted by molar-refractivity contribution is 0.188. The van der Waals surface area contributed by atoms with Crippen LogP contribution in [0, 0.1) is 5.92 Å². The second kappa shape index (κ2) is 7.59. The molecular weight excluding hydrogens is 398 g/mol. The van der Waals surface area contributed by atoms with Crippen LogP contribution in [0.5, 0.6) is 5.75 Å². The summed E-state index contributed by atoms with van der Waals surface area (Å²) in [7, 11) is 0. The van der Waals surface area contributed by atoms with E-state index in [4.69, 9.17) is 14.2 Å². The molecule has 0 saturated carbocycles. The highest BCUT2D eigenvalue weighted by Gasteiger charge is 2.53. The van der Waals surface area contributed by atoms with Crippen LogP contribution in [0.1, 0.15) is 53.0 Å². The van der Waals surface area contributed by atoms with Crippen molar-refractivity contribution in [2.24, 2.45) is 5.92 Å². The molecule has 32 heavy (non-hydrogen) atoms. The molecule has 6 rings (SSSR count). The van der Waals surface area contributed by atoms with Gasteiger partial charge in [-0.1, -0.05) is 54.5 Å². The molecule has 0 amide bonds. The van der Waals surface area contributed by atoms with Crippen LogP contribution in [0.2, 0.25) is 0 Å². The zero-order chi connectivity index (χ0) is 21.5. The summed E-state index contributed by atoms with van der Waals surface area (Å²) in [5.41, 5.74) is 5.71. The Morgan fingerprint density at radius 2 is 1.97 bits per heavy atom. The largest absolute Gasteiger partial charge is 0.489 e. The van der Waals surface area contributed by atoms with E-state index in [9.17, 15) is 0 Å². The summed E-state index contributed by atoms with van der Waals surface area (Å²) >= 11 is 0. The van der Waals surface area contributed by atoms with Crippen LogP contribution in [0.15, 0.2) is 77.8 Å². The van der Waals surface area contributed by atoms with Gasteiger partial charge in [0.25, 0.3) is 0 Å². The number of fused-ring (bicyclic) bond motifs is 4. The Labute approximate surface area is 187 Å². The lowest BCUT2D eigenvalue weighted by atomic mass is 9.53. The first kappa shape index (κ1) is 19.2. The number of aryl methyl sites for hydroxylation is 1. The van der Waals surface area contributed by atoms with Crippen LogP contribution in [-0.4, -0.2) is 15.1 Å². The Balaban J connectivity index is 1.46. The normalized spacial score (nSPS) is 23.7. The van der Waals surface area contributed by atoms with E-state index in [1.165, 1.54) is 16.7 Å². The fourth-order valence-corrected chi connectivity index (χ4v) is 5.89. The minimum absolute atomic E-state index is 0.249. The molecule has 2 heterocycles. The van der Waals surface area contributed by atoms with Crippen molar-refractivity contribution in [2.75, 3.05) is 0 Å². The van der Waals surface area contributed by atoms with Crippen molar-refractivity contribution in [3.8, 4) is 5.75 Å². The molecule has 2 aromatic heterocycles. The van der Waals surface area contributed by atoms with E-state index in [2.05, 4.69) is 47.4 Å². The van der Waals surface area contributed by atoms with Gasteiger partial charge in [0.2, 0.25) is 0 Å². The van der Waals surface area contributed by atoms with Crippen molar-refractivity contribution in [3.05, 3.63) is 107 Å². The van der Waals surface area contributed by atoms with Crippen LogP contribution in [0.3, 0.4) is 0 Å². The van der Waals surface area contributed by atoms with Crippen LogP contribution in [0.25, 0.3) is 0 Å². The Morgan fingerprint density at radius 1 is 1.06 bits per heavy atom. The molecule has 0 saturated heterocycles. The molecule has 2 aromatic carbocycles. The predicted molar refractivity (Wildman–Crippen MR) is 120 cm³/mol. The fourth-order valence-electron chi connectivity index (χ4n) is 5.89. The number of hydrogen-bond acceptors (Lipinski definition) is 5. The first-order valence-electron chi connectivity index (χ1n) is 11.3. The highest BCUT2D eigenvalue weighted by Crippen LogP contribution is 2.56. The number of nitrogens with zero attached hydrogens (tertiary/aromatic N) is 3. The average Bonchev–Trinajstić information content (AvgIpc) is 3.32. The van der Waals surface area contributed by atoms with Crippen LogP contribution in [-0.2, 0) is 24.9 Å². The van der Waals surface area contributed by atoms with Gasteiger partial charge < -0.3 is 9.26 Å². The molecule has 4 aromatic rings. The zero-order valence-electron chi connectivity index (χ0n) is 18.1. The van der Waals surface area contributed by atoms with Gasteiger partial charge in [0.15, 0.2) is 0 Å². The summed E-state index contributed by atoms with van der Waals surface area (Å²) in [6.07, 6.45) is 8.44. The van der Waals surface area contributed by atoms with Crippen molar-refractivity contribution >= 4 is 0 Å². The van der Waals surface area contributed by atoms with Crippen LogP contribution < -0.4 is 4.74 Å². The molecule has 2 aliphatic carbocycles. The summed E-state index contributed by atoms with van der Waals surface area (Å²) in [4.78, 5) is 9.19. The minimum atomic E-state index is -0.249. The third kappa shape index (κ3) is 2.95. The average molecular weight is 424 g/mol. The van der Waals surface area contributed by atoms with Crippen LogP contribution >= 0.6 is 0 Å². The van der Waals surface area contributed by atoms with Gasteiger partial charge in [0.1, 0.15) is 24.4 Å².